The molecule has 0 atom stereocenters. The summed E-state index contributed by atoms with van der Waals surface area (Å²) in [5.41, 5.74) is 0.353. The molecule has 1 N–H and O–H groups in total. The molecular formula is C15H22O3. The number of methoxy groups -OCH3 is 1. The lowest BCUT2D eigenvalue weighted by Crippen LogP contribution is -2.30. The number of rotatable bonds is 4. The summed E-state index contributed by atoms with van der Waals surface area (Å²) in [7, 11) is 1.60. The molecule has 0 radical (unpaired) electrons. The molecule has 1 fully saturated rings. The zero-order chi connectivity index (χ0) is 13.0. The third-order valence-corrected chi connectivity index (χ3v) is 3.84. The molecule has 1 saturated carbocycles. The van der Waals surface area contributed by atoms with Crippen molar-refractivity contribution in [2.24, 2.45) is 5.92 Å². The molecule has 1 aromatic carbocycles. The normalized spacial score (nSPS) is 28.1. The SMILES string of the molecule is COCOc1ccc(C2(O)CCC(C)CC2)cc1. The summed E-state index contributed by atoms with van der Waals surface area (Å²) in [5, 5.41) is 10.7. The molecule has 0 spiro atoms. The van der Waals surface area contributed by atoms with Crippen molar-refractivity contribution in [1.29, 1.82) is 0 Å². The maximum absolute atomic E-state index is 10.7. The third kappa shape index (κ3) is 3.03. The Balaban J connectivity index is 2.04. The summed E-state index contributed by atoms with van der Waals surface area (Å²) in [4.78, 5) is 0. The number of aliphatic hydroxyl groups is 1. The van der Waals surface area contributed by atoms with Crippen molar-refractivity contribution in [2.45, 2.75) is 38.2 Å². The maximum Gasteiger partial charge on any atom is 0.188 e. The first kappa shape index (κ1) is 13.4. The van der Waals surface area contributed by atoms with Gasteiger partial charge in [-0.15, -0.1) is 0 Å². The number of hydrogen-bond acceptors (Lipinski definition) is 3. The van der Waals surface area contributed by atoms with Crippen LogP contribution in [-0.2, 0) is 10.3 Å². The highest BCUT2D eigenvalue weighted by Crippen LogP contribution is 2.39. The fourth-order valence-corrected chi connectivity index (χ4v) is 2.52. The van der Waals surface area contributed by atoms with E-state index >= 15 is 0 Å². The zero-order valence-corrected chi connectivity index (χ0v) is 11.2. The molecule has 0 bridgehead atoms. The van der Waals surface area contributed by atoms with E-state index in [1.807, 2.05) is 24.3 Å². The van der Waals surface area contributed by atoms with E-state index in [1.54, 1.807) is 7.11 Å². The first-order chi connectivity index (χ1) is 8.64. The second-order valence-corrected chi connectivity index (χ2v) is 5.29. The van der Waals surface area contributed by atoms with Gasteiger partial charge >= 0.3 is 0 Å². The standard InChI is InChI=1S/C15H22O3/c1-12-7-9-15(16,10-8-12)13-3-5-14(6-4-13)18-11-17-2/h3-6,12,16H,7-11H2,1-2H3. The first-order valence-corrected chi connectivity index (χ1v) is 6.59. The smallest absolute Gasteiger partial charge is 0.188 e. The summed E-state index contributed by atoms with van der Waals surface area (Å²) >= 11 is 0. The Labute approximate surface area is 109 Å². The lowest BCUT2D eigenvalue weighted by Gasteiger charge is -2.35. The topological polar surface area (TPSA) is 38.7 Å². The molecule has 18 heavy (non-hydrogen) atoms. The monoisotopic (exact) mass is 250 g/mol. The Kier molecular flexibility index (Phi) is 4.25. The summed E-state index contributed by atoms with van der Waals surface area (Å²) < 4.78 is 10.2. The summed E-state index contributed by atoms with van der Waals surface area (Å²) in [5.74, 6) is 1.50. The van der Waals surface area contributed by atoms with Crippen LogP contribution >= 0.6 is 0 Å². The van der Waals surface area contributed by atoms with Gasteiger partial charge in [0.1, 0.15) is 5.75 Å². The van der Waals surface area contributed by atoms with Gasteiger partial charge in [-0.3, -0.25) is 0 Å². The van der Waals surface area contributed by atoms with E-state index < -0.39 is 5.60 Å². The van der Waals surface area contributed by atoms with E-state index in [2.05, 4.69) is 6.92 Å². The Morgan fingerprint density at radius 1 is 1.22 bits per heavy atom. The van der Waals surface area contributed by atoms with Crippen molar-refractivity contribution in [3.63, 3.8) is 0 Å². The third-order valence-electron chi connectivity index (χ3n) is 3.84. The van der Waals surface area contributed by atoms with Crippen LogP contribution in [0.3, 0.4) is 0 Å². The van der Waals surface area contributed by atoms with Gasteiger partial charge in [0.2, 0.25) is 0 Å². The summed E-state index contributed by atoms with van der Waals surface area (Å²) in [6.07, 6.45) is 3.90. The predicted octanol–water partition coefficient (Wildman–Crippen LogP) is 3.07. The lowest BCUT2D eigenvalue weighted by molar-refractivity contribution is -0.0121. The molecule has 3 nitrogen and oxygen atoms in total. The van der Waals surface area contributed by atoms with Crippen LogP contribution in [0.25, 0.3) is 0 Å². The number of benzene rings is 1. The quantitative estimate of drug-likeness (QED) is 0.835. The van der Waals surface area contributed by atoms with Crippen LogP contribution in [0, 0.1) is 5.92 Å². The van der Waals surface area contributed by atoms with Crippen molar-refractivity contribution in [2.75, 3.05) is 13.9 Å². The fraction of sp³-hybridized carbons (Fsp3) is 0.600. The molecule has 1 aliphatic rings. The van der Waals surface area contributed by atoms with Crippen LogP contribution in [0.1, 0.15) is 38.2 Å². The van der Waals surface area contributed by atoms with E-state index in [-0.39, 0.29) is 6.79 Å². The molecule has 0 unspecified atom stereocenters. The highest BCUT2D eigenvalue weighted by molar-refractivity contribution is 5.31. The van der Waals surface area contributed by atoms with Crippen molar-refractivity contribution in [1.82, 2.24) is 0 Å². The largest absolute Gasteiger partial charge is 0.468 e. The van der Waals surface area contributed by atoms with E-state index in [1.165, 1.54) is 0 Å². The van der Waals surface area contributed by atoms with Gasteiger partial charge in [-0.05, 0) is 49.3 Å². The van der Waals surface area contributed by atoms with Crippen LogP contribution in [0.2, 0.25) is 0 Å². The van der Waals surface area contributed by atoms with Crippen molar-refractivity contribution >= 4 is 0 Å². The maximum atomic E-state index is 10.7. The van der Waals surface area contributed by atoms with Crippen molar-refractivity contribution in [3.05, 3.63) is 29.8 Å². The summed E-state index contributed by atoms with van der Waals surface area (Å²) in [6.45, 7) is 2.50. The van der Waals surface area contributed by atoms with Gasteiger partial charge in [-0.2, -0.15) is 0 Å². The van der Waals surface area contributed by atoms with Gasteiger partial charge < -0.3 is 14.6 Å². The first-order valence-electron chi connectivity index (χ1n) is 6.59. The second-order valence-electron chi connectivity index (χ2n) is 5.29. The van der Waals surface area contributed by atoms with Gasteiger partial charge in [0.25, 0.3) is 0 Å². The Morgan fingerprint density at radius 3 is 2.39 bits per heavy atom. The molecular weight excluding hydrogens is 228 g/mol. The Bertz CT molecular complexity index is 364. The van der Waals surface area contributed by atoms with Crippen LogP contribution in [0.5, 0.6) is 5.75 Å². The van der Waals surface area contributed by atoms with E-state index in [9.17, 15) is 5.11 Å². The Morgan fingerprint density at radius 2 is 1.83 bits per heavy atom. The molecule has 1 aromatic rings. The van der Waals surface area contributed by atoms with Gasteiger partial charge in [0.05, 0.1) is 5.60 Å². The molecule has 3 heteroatoms. The van der Waals surface area contributed by atoms with Crippen LogP contribution in [0.4, 0.5) is 0 Å². The predicted molar refractivity (Wildman–Crippen MR) is 70.5 cm³/mol. The summed E-state index contributed by atoms with van der Waals surface area (Å²) in [6, 6.07) is 7.71. The lowest BCUT2D eigenvalue weighted by atomic mass is 9.76. The Hall–Kier alpha value is -1.06. The van der Waals surface area contributed by atoms with Gasteiger partial charge in [-0.1, -0.05) is 19.1 Å². The molecule has 2 rings (SSSR count). The molecule has 0 heterocycles. The highest BCUT2D eigenvalue weighted by atomic mass is 16.7. The highest BCUT2D eigenvalue weighted by Gasteiger charge is 2.33. The molecule has 100 valence electrons. The number of hydrogen-bond donors (Lipinski definition) is 1. The minimum atomic E-state index is -0.647. The average molecular weight is 250 g/mol. The minimum Gasteiger partial charge on any atom is -0.468 e. The van der Waals surface area contributed by atoms with E-state index in [4.69, 9.17) is 9.47 Å². The van der Waals surface area contributed by atoms with Gasteiger partial charge in [-0.25, -0.2) is 0 Å². The van der Waals surface area contributed by atoms with E-state index in [0.29, 0.717) is 0 Å². The van der Waals surface area contributed by atoms with Crippen LogP contribution in [0.15, 0.2) is 24.3 Å². The van der Waals surface area contributed by atoms with Crippen LogP contribution in [-0.4, -0.2) is 19.0 Å². The molecule has 0 saturated heterocycles. The second kappa shape index (κ2) is 5.72. The molecule has 0 aromatic heterocycles. The van der Waals surface area contributed by atoms with Gasteiger partial charge in [0, 0.05) is 7.11 Å². The number of ether oxygens (including phenoxy) is 2. The molecule has 0 aliphatic heterocycles. The minimum absolute atomic E-state index is 0.251. The molecule has 1 aliphatic carbocycles. The fourth-order valence-electron chi connectivity index (χ4n) is 2.52. The molecule has 0 amide bonds. The zero-order valence-electron chi connectivity index (χ0n) is 11.2. The van der Waals surface area contributed by atoms with Gasteiger partial charge in [0.15, 0.2) is 6.79 Å². The average Bonchev–Trinajstić information content (AvgIpc) is 2.40. The van der Waals surface area contributed by atoms with E-state index in [0.717, 1.165) is 42.9 Å². The van der Waals surface area contributed by atoms with Crippen LogP contribution < -0.4 is 4.74 Å². The van der Waals surface area contributed by atoms with Crippen molar-refractivity contribution in [3.8, 4) is 5.75 Å². The van der Waals surface area contributed by atoms with Crippen molar-refractivity contribution < 1.29 is 14.6 Å².